The van der Waals surface area contributed by atoms with E-state index in [0.29, 0.717) is 35.0 Å². The Kier molecular flexibility index (Phi) is 13.1. The molecule has 0 aliphatic heterocycles. The lowest BCUT2D eigenvalue weighted by Gasteiger charge is -2.09. The van der Waals surface area contributed by atoms with Gasteiger partial charge in [-0.2, -0.15) is 0 Å². The normalized spacial score (nSPS) is 10.3. The Morgan fingerprint density at radius 1 is 0.568 bits per heavy atom. The first kappa shape index (κ1) is 33.5. The Balaban J connectivity index is 0.000000244. The van der Waals surface area contributed by atoms with Crippen LogP contribution >= 0.6 is 0 Å². The van der Waals surface area contributed by atoms with Crippen LogP contribution in [-0.4, -0.2) is 47.7 Å². The second-order valence-electron chi connectivity index (χ2n) is 10.1. The second kappa shape index (κ2) is 17.2. The van der Waals surface area contributed by atoms with Crippen molar-refractivity contribution in [2.45, 2.75) is 45.4 Å². The zero-order chi connectivity index (χ0) is 31.9. The highest BCUT2D eigenvalue weighted by atomic mass is 16.5. The summed E-state index contributed by atoms with van der Waals surface area (Å²) in [5.74, 6) is 0.376. The van der Waals surface area contributed by atoms with Crippen LogP contribution in [0.1, 0.15) is 77.3 Å². The number of hydrogen-bond acceptors (Lipinski definition) is 8. The molecule has 0 heterocycles. The number of ketones is 2. The van der Waals surface area contributed by atoms with E-state index in [1.807, 2.05) is 18.2 Å². The van der Waals surface area contributed by atoms with Gasteiger partial charge in [0.1, 0.15) is 34.5 Å². The van der Waals surface area contributed by atoms with Gasteiger partial charge in [-0.05, 0) is 42.8 Å². The number of aromatic hydroxyl groups is 3. The Hall–Kier alpha value is -4.98. The van der Waals surface area contributed by atoms with Crippen molar-refractivity contribution in [1.82, 2.24) is 0 Å². The van der Waals surface area contributed by atoms with Crippen LogP contribution in [-0.2, 0) is 0 Å². The molecule has 4 rings (SSSR count). The lowest BCUT2D eigenvalue weighted by molar-refractivity contribution is 0.102. The van der Waals surface area contributed by atoms with Gasteiger partial charge in [-0.25, -0.2) is 0 Å². The third-order valence-electron chi connectivity index (χ3n) is 6.92. The topological polar surface area (TPSA) is 123 Å². The van der Waals surface area contributed by atoms with Gasteiger partial charge in [0.25, 0.3) is 0 Å². The molecule has 4 aromatic rings. The highest BCUT2D eigenvalue weighted by molar-refractivity contribution is 6.12. The fraction of sp³-hybridized carbons (Fsp3) is 0.278. The molecule has 8 nitrogen and oxygen atoms in total. The molecular weight excluding hydrogens is 560 g/mol. The molecule has 232 valence electrons. The van der Waals surface area contributed by atoms with Crippen LogP contribution in [0.15, 0.2) is 84.9 Å². The first-order valence-corrected chi connectivity index (χ1v) is 14.6. The van der Waals surface area contributed by atoms with Gasteiger partial charge in [0.05, 0.1) is 37.5 Å². The predicted octanol–water partition coefficient (Wildman–Crippen LogP) is 7.71. The van der Waals surface area contributed by atoms with E-state index in [2.05, 4.69) is 6.92 Å². The summed E-state index contributed by atoms with van der Waals surface area (Å²) in [6, 6.07) is 22.5. The fourth-order valence-corrected chi connectivity index (χ4v) is 4.42. The van der Waals surface area contributed by atoms with Crippen LogP contribution in [0.25, 0.3) is 0 Å². The summed E-state index contributed by atoms with van der Waals surface area (Å²) in [4.78, 5) is 24.6. The summed E-state index contributed by atoms with van der Waals surface area (Å²) >= 11 is 0. The first-order valence-electron chi connectivity index (χ1n) is 14.6. The first-order chi connectivity index (χ1) is 21.3. The predicted molar refractivity (Wildman–Crippen MR) is 170 cm³/mol. The van der Waals surface area contributed by atoms with Gasteiger partial charge in [0.15, 0.2) is 11.6 Å². The zero-order valence-electron chi connectivity index (χ0n) is 25.4. The molecule has 0 atom stereocenters. The van der Waals surface area contributed by atoms with Gasteiger partial charge in [-0.3, -0.25) is 9.59 Å². The second-order valence-corrected chi connectivity index (χ2v) is 10.1. The molecule has 0 unspecified atom stereocenters. The summed E-state index contributed by atoms with van der Waals surface area (Å²) in [5.41, 5.74) is 1.04. The molecule has 0 saturated carbocycles. The molecule has 3 N–H and O–H groups in total. The van der Waals surface area contributed by atoms with Crippen molar-refractivity contribution in [2.24, 2.45) is 0 Å². The average Bonchev–Trinajstić information content (AvgIpc) is 3.04. The monoisotopic (exact) mass is 600 g/mol. The van der Waals surface area contributed by atoms with Crippen LogP contribution < -0.4 is 14.2 Å². The van der Waals surface area contributed by atoms with Gasteiger partial charge in [-0.15, -0.1) is 0 Å². The van der Waals surface area contributed by atoms with Crippen LogP contribution in [0.5, 0.6) is 34.5 Å². The molecule has 0 fully saturated rings. The minimum Gasteiger partial charge on any atom is -0.507 e. The quantitative estimate of drug-likeness (QED) is 0.0994. The van der Waals surface area contributed by atoms with E-state index in [-0.39, 0.29) is 34.2 Å². The maximum atomic E-state index is 12.4. The minimum atomic E-state index is -0.481. The molecule has 8 heteroatoms. The molecule has 0 aliphatic carbocycles. The van der Waals surface area contributed by atoms with E-state index in [4.69, 9.17) is 14.2 Å². The Morgan fingerprint density at radius 2 is 1.02 bits per heavy atom. The summed E-state index contributed by atoms with van der Waals surface area (Å²) in [6.07, 6.45) is 7.25. The van der Waals surface area contributed by atoms with Crippen molar-refractivity contribution in [3.05, 3.63) is 107 Å². The smallest absolute Gasteiger partial charge is 0.200 e. The number of carbonyl (C=O) groups is 2. The van der Waals surface area contributed by atoms with Crippen LogP contribution in [0, 0.1) is 0 Å². The lowest BCUT2D eigenvalue weighted by Crippen LogP contribution is -2.02. The van der Waals surface area contributed by atoms with Crippen LogP contribution in [0.3, 0.4) is 0 Å². The summed E-state index contributed by atoms with van der Waals surface area (Å²) < 4.78 is 15.6. The average molecular weight is 601 g/mol. The third-order valence-corrected chi connectivity index (χ3v) is 6.92. The molecule has 44 heavy (non-hydrogen) atoms. The fourth-order valence-electron chi connectivity index (χ4n) is 4.42. The number of phenols is 3. The van der Waals surface area contributed by atoms with E-state index in [9.17, 15) is 24.9 Å². The third kappa shape index (κ3) is 9.52. The van der Waals surface area contributed by atoms with Crippen molar-refractivity contribution in [3.8, 4) is 34.5 Å². The van der Waals surface area contributed by atoms with Crippen molar-refractivity contribution in [1.29, 1.82) is 0 Å². The molecule has 0 aliphatic rings. The number of benzene rings is 4. The van der Waals surface area contributed by atoms with E-state index in [1.54, 1.807) is 36.4 Å². The molecular formula is C36H40O8. The number of carbonyl (C=O) groups excluding carboxylic acids is 2. The number of hydrogen-bond donors (Lipinski definition) is 3. The number of ether oxygens (including phenoxy) is 3. The summed E-state index contributed by atoms with van der Waals surface area (Å²) in [6.45, 7) is 2.85. The van der Waals surface area contributed by atoms with Gasteiger partial charge in [0.2, 0.25) is 0 Å². The largest absolute Gasteiger partial charge is 0.507 e. The summed E-state index contributed by atoms with van der Waals surface area (Å²) in [7, 11) is 2.93. The van der Waals surface area contributed by atoms with Crippen molar-refractivity contribution in [2.75, 3.05) is 20.8 Å². The number of rotatable bonds is 14. The maximum Gasteiger partial charge on any atom is 0.200 e. The van der Waals surface area contributed by atoms with Crippen LogP contribution in [0.4, 0.5) is 0 Å². The number of unbranched alkanes of at least 4 members (excludes halogenated alkanes) is 5. The Morgan fingerprint density at radius 3 is 1.52 bits per heavy atom. The van der Waals surface area contributed by atoms with E-state index in [0.717, 1.165) is 12.8 Å². The molecule has 0 radical (unpaired) electrons. The van der Waals surface area contributed by atoms with E-state index >= 15 is 0 Å². The van der Waals surface area contributed by atoms with Crippen molar-refractivity contribution < 1.29 is 39.1 Å². The highest BCUT2D eigenvalue weighted by Gasteiger charge is 2.18. The maximum absolute atomic E-state index is 12.4. The Bertz CT molecular complexity index is 1460. The standard InChI is InChI=1S/C21H26O3.C15H14O5/c1-2-3-4-5-6-10-15-24-18-13-14-19(20(22)16-18)21(23)17-11-8-7-9-12-17;1-19-9-3-5-11(13(16)7-9)15(18)12-6-4-10(20-2)8-14(12)17/h7-9,11-14,16,22H,2-6,10,15H2,1H3;3-8,16-17H,1-2H3. The highest BCUT2D eigenvalue weighted by Crippen LogP contribution is 2.30. The molecule has 0 amide bonds. The zero-order valence-corrected chi connectivity index (χ0v) is 25.4. The molecule has 4 aromatic carbocycles. The van der Waals surface area contributed by atoms with Crippen molar-refractivity contribution in [3.63, 3.8) is 0 Å². The van der Waals surface area contributed by atoms with E-state index in [1.165, 1.54) is 70.2 Å². The molecule has 0 spiro atoms. The van der Waals surface area contributed by atoms with Crippen LogP contribution in [0.2, 0.25) is 0 Å². The van der Waals surface area contributed by atoms with Gasteiger partial charge in [-0.1, -0.05) is 69.4 Å². The van der Waals surface area contributed by atoms with Gasteiger partial charge >= 0.3 is 0 Å². The number of phenolic OH excluding ortho intramolecular Hbond substituents is 3. The Labute approximate surface area is 258 Å². The minimum absolute atomic E-state index is 0.0377. The van der Waals surface area contributed by atoms with Crippen molar-refractivity contribution >= 4 is 11.6 Å². The molecule has 0 aromatic heterocycles. The lowest BCUT2D eigenvalue weighted by atomic mass is 10.0. The summed E-state index contributed by atoms with van der Waals surface area (Å²) in [5, 5.41) is 29.8. The van der Waals surface area contributed by atoms with Gasteiger partial charge in [0, 0.05) is 23.8 Å². The number of methoxy groups -OCH3 is 2. The molecule has 0 saturated heterocycles. The van der Waals surface area contributed by atoms with E-state index < -0.39 is 5.78 Å². The van der Waals surface area contributed by atoms with Gasteiger partial charge < -0.3 is 29.5 Å². The molecule has 0 bridgehead atoms. The SMILES string of the molecule is CCCCCCCCOc1ccc(C(=O)c2ccccc2)c(O)c1.COc1ccc(C(=O)c2ccc(OC)cc2O)c(O)c1.